The van der Waals surface area contributed by atoms with Crippen LogP contribution in [0.1, 0.15) is 128 Å². The van der Waals surface area contributed by atoms with Crippen molar-refractivity contribution in [3.8, 4) is 22.3 Å². The summed E-state index contributed by atoms with van der Waals surface area (Å²) in [5.74, 6) is 0. The molecule has 54 heavy (non-hydrogen) atoms. The maximum Gasteiger partial charge on any atom is 0.0714 e. The van der Waals surface area contributed by atoms with Crippen molar-refractivity contribution in [1.29, 1.82) is 0 Å². The predicted molar refractivity (Wildman–Crippen MR) is 234 cm³/mol. The maximum absolute atomic E-state index is 3.86. The molecule has 0 unspecified atom stereocenters. The largest absolute Gasteiger partial charge is 0.355 e. The Kier molecular flexibility index (Phi) is 9.12. The van der Waals surface area contributed by atoms with Crippen molar-refractivity contribution >= 4 is 11.4 Å². The summed E-state index contributed by atoms with van der Waals surface area (Å²) in [7, 11) is 0. The minimum absolute atomic E-state index is 0.0560. The third-order valence-electron chi connectivity index (χ3n) is 11.6. The van der Waals surface area contributed by atoms with Crippen molar-refractivity contribution < 1.29 is 0 Å². The van der Waals surface area contributed by atoms with Crippen molar-refractivity contribution in [3.63, 3.8) is 0 Å². The van der Waals surface area contributed by atoms with Gasteiger partial charge in [-0.05, 0) is 113 Å². The second-order valence-electron chi connectivity index (χ2n) is 19.7. The standard InChI is InChI=1S/C53H59N/c1-49(2,3)37-20-24-39(25-21-37)53(40-26-22-38(23-27-40)50(4,5)6)47-19-14-13-18-45(47)46-29-28-44(34-48(46)53)54-43-17-15-16-35(32-43)36-30-41(51(7,8)9)33-42(31-36)52(10,11)12/h13-34,54H,1-12H3. The second kappa shape index (κ2) is 13.2. The van der Waals surface area contributed by atoms with Gasteiger partial charge in [-0.2, -0.15) is 0 Å². The van der Waals surface area contributed by atoms with Gasteiger partial charge in [-0.1, -0.05) is 192 Å². The van der Waals surface area contributed by atoms with Gasteiger partial charge in [0.05, 0.1) is 5.41 Å². The van der Waals surface area contributed by atoms with Crippen LogP contribution < -0.4 is 5.32 Å². The van der Waals surface area contributed by atoms with Crippen LogP contribution in [0, 0.1) is 0 Å². The van der Waals surface area contributed by atoms with Crippen molar-refractivity contribution in [1.82, 2.24) is 0 Å². The Morgan fingerprint density at radius 1 is 0.352 bits per heavy atom. The lowest BCUT2D eigenvalue weighted by atomic mass is 9.67. The highest BCUT2D eigenvalue weighted by Crippen LogP contribution is 2.57. The first-order valence-electron chi connectivity index (χ1n) is 19.8. The van der Waals surface area contributed by atoms with Gasteiger partial charge in [0.15, 0.2) is 0 Å². The maximum atomic E-state index is 3.86. The number of nitrogens with one attached hydrogen (secondary N) is 1. The molecule has 0 fully saturated rings. The molecule has 7 rings (SSSR count). The van der Waals surface area contributed by atoms with Gasteiger partial charge in [-0.3, -0.25) is 0 Å². The fourth-order valence-electron chi connectivity index (χ4n) is 8.19. The summed E-state index contributed by atoms with van der Waals surface area (Å²) < 4.78 is 0. The minimum Gasteiger partial charge on any atom is -0.355 e. The molecule has 0 aromatic heterocycles. The van der Waals surface area contributed by atoms with E-state index < -0.39 is 5.41 Å². The molecule has 0 saturated carbocycles. The van der Waals surface area contributed by atoms with Crippen LogP contribution in [0.15, 0.2) is 133 Å². The number of rotatable bonds is 5. The van der Waals surface area contributed by atoms with Crippen LogP contribution in [0.25, 0.3) is 22.3 Å². The molecule has 276 valence electrons. The normalized spacial score (nSPS) is 14.1. The molecular formula is C53H59N. The van der Waals surface area contributed by atoms with Crippen LogP contribution in [0.4, 0.5) is 11.4 Å². The van der Waals surface area contributed by atoms with Crippen LogP contribution in [0.3, 0.4) is 0 Å². The van der Waals surface area contributed by atoms with Gasteiger partial charge < -0.3 is 5.32 Å². The Morgan fingerprint density at radius 2 is 0.833 bits per heavy atom. The van der Waals surface area contributed by atoms with Crippen molar-refractivity contribution in [3.05, 3.63) is 178 Å². The average molecular weight is 710 g/mol. The molecule has 1 aliphatic carbocycles. The van der Waals surface area contributed by atoms with E-state index in [1.165, 1.54) is 66.8 Å². The van der Waals surface area contributed by atoms with E-state index in [4.69, 9.17) is 0 Å². The summed E-state index contributed by atoms with van der Waals surface area (Å²) in [6.45, 7) is 27.6. The number of benzene rings is 6. The van der Waals surface area contributed by atoms with Gasteiger partial charge in [0.1, 0.15) is 0 Å². The number of fused-ring (bicyclic) bond motifs is 3. The summed E-state index contributed by atoms with van der Waals surface area (Å²) in [4.78, 5) is 0. The summed E-state index contributed by atoms with van der Waals surface area (Å²) in [6, 6.07) is 51.0. The summed E-state index contributed by atoms with van der Waals surface area (Å²) >= 11 is 0. The zero-order chi connectivity index (χ0) is 38.8. The van der Waals surface area contributed by atoms with Gasteiger partial charge in [0.25, 0.3) is 0 Å². The van der Waals surface area contributed by atoms with Crippen molar-refractivity contribution in [2.75, 3.05) is 5.32 Å². The second-order valence-corrected chi connectivity index (χ2v) is 19.7. The molecule has 1 heteroatoms. The Hall–Kier alpha value is -4.88. The van der Waals surface area contributed by atoms with Crippen LogP contribution in [0.2, 0.25) is 0 Å². The molecular weight excluding hydrogens is 651 g/mol. The third-order valence-corrected chi connectivity index (χ3v) is 11.6. The first-order valence-corrected chi connectivity index (χ1v) is 19.8. The topological polar surface area (TPSA) is 12.0 Å². The van der Waals surface area contributed by atoms with Gasteiger partial charge in [0.2, 0.25) is 0 Å². The SMILES string of the molecule is CC(C)(C)c1ccc(C2(c3ccc(C(C)(C)C)cc3)c3ccccc3-c3ccc(Nc4cccc(-c5cc(C(C)(C)C)cc(C(C)(C)C)c5)c4)cc32)cc1. The van der Waals surface area contributed by atoms with E-state index in [9.17, 15) is 0 Å². The van der Waals surface area contributed by atoms with Crippen LogP contribution in [0.5, 0.6) is 0 Å². The highest BCUT2D eigenvalue weighted by Gasteiger charge is 2.46. The molecule has 0 amide bonds. The van der Waals surface area contributed by atoms with Crippen LogP contribution in [-0.4, -0.2) is 0 Å². The van der Waals surface area contributed by atoms with E-state index in [0.717, 1.165) is 11.4 Å². The molecule has 0 saturated heterocycles. The lowest BCUT2D eigenvalue weighted by Gasteiger charge is -2.35. The van der Waals surface area contributed by atoms with E-state index in [2.05, 4.69) is 222 Å². The van der Waals surface area contributed by atoms with Crippen molar-refractivity contribution in [2.45, 2.75) is 110 Å². The van der Waals surface area contributed by atoms with Crippen LogP contribution in [-0.2, 0) is 27.1 Å². The molecule has 1 nitrogen and oxygen atoms in total. The summed E-state index contributed by atoms with van der Waals surface area (Å²) in [6.07, 6.45) is 0. The first-order chi connectivity index (χ1) is 25.3. The molecule has 0 bridgehead atoms. The molecule has 0 spiro atoms. The predicted octanol–water partition coefficient (Wildman–Crippen LogP) is 14.7. The quantitative estimate of drug-likeness (QED) is 0.188. The Bertz CT molecular complexity index is 2220. The van der Waals surface area contributed by atoms with Gasteiger partial charge in [0, 0.05) is 11.4 Å². The molecule has 0 radical (unpaired) electrons. The van der Waals surface area contributed by atoms with Gasteiger partial charge in [-0.25, -0.2) is 0 Å². The highest BCUT2D eigenvalue weighted by molar-refractivity contribution is 5.88. The monoisotopic (exact) mass is 709 g/mol. The fraction of sp³-hybridized carbons (Fsp3) is 0.321. The van der Waals surface area contributed by atoms with E-state index >= 15 is 0 Å². The summed E-state index contributed by atoms with van der Waals surface area (Å²) in [5, 5.41) is 3.86. The van der Waals surface area contributed by atoms with Crippen LogP contribution >= 0.6 is 0 Å². The Balaban J connectivity index is 1.38. The van der Waals surface area contributed by atoms with Crippen molar-refractivity contribution in [2.24, 2.45) is 0 Å². The number of hydrogen-bond acceptors (Lipinski definition) is 1. The Morgan fingerprint density at radius 3 is 1.35 bits per heavy atom. The Labute approximate surface area is 325 Å². The highest BCUT2D eigenvalue weighted by atomic mass is 14.9. The molecule has 6 aromatic rings. The van der Waals surface area contributed by atoms with E-state index in [0.29, 0.717) is 0 Å². The molecule has 6 aromatic carbocycles. The zero-order valence-corrected chi connectivity index (χ0v) is 34.7. The summed E-state index contributed by atoms with van der Waals surface area (Å²) in [5.41, 5.74) is 17.6. The molecule has 0 heterocycles. The minimum atomic E-state index is -0.477. The molecule has 0 aliphatic heterocycles. The smallest absolute Gasteiger partial charge is 0.0714 e. The number of hydrogen-bond donors (Lipinski definition) is 1. The van der Waals surface area contributed by atoms with E-state index in [1.54, 1.807) is 0 Å². The first kappa shape index (κ1) is 37.4. The van der Waals surface area contributed by atoms with E-state index in [1.807, 2.05) is 0 Å². The lowest BCUT2D eigenvalue weighted by Crippen LogP contribution is -2.29. The van der Waals surface area contributed by atoms with E-state index in [-0.39, 0.29) is 21.7 Å². The van der Waals surface area contributed by atoms with Gasteiger partial charge >= 0.3 is 0 Å². The molecule has 0 atom stereocenters. The van der Waals surface area contributed by atoms with Gasteiger partial charge in [-0.15, -0.1) is 0 Å². The third kappa shape index (κ3) is 6.83. The zero-order valence-electron chi connectivity index (χ0n) is 34.7. The molecule has 1 aliphatic rings. The lowest BCUT2D eigenvalue weighted by molar-refractivity contribution is 0.569. The average Bonchev–Trinajstić information content (AvgIpc) is 3.40. The fourth-order valence-corrected chi connectivity index (χ4v) is 8.19. The molecule has 1 N–H and O–H groups in total. The number of anilines is 2.